The van der Waals surface area contributed by atoms with Crippen LogP contribution >= 0.6 is 0 Å². The molecule has 41 heavy (non-hydrogen) atoms. The molecule has 240 valence electrons. The van der Waals surface area contributed by atoms with E-state index in [-0.39, 0.29) is 0 Å². The van der Waals surface area contributed by atoms with Gasteiger partial charge >= 0.3 is 0 Å². The Balaban J connectivity index is 4.76. The van der Waals surface area contributed by atoms with Crippen LogP contribution < -0.4 is 0 Å². The number of hydrogen-bond donors (Lipinski definition) is 0. The van der Waals surface area contributed by atoms with Crippen LogP contribution in [0.25, 0.3) is 0 Å². The largest absolute Gasteiger partial charge is 0.234 e. The quantitative estimate of drug-likeness (QED) is 0.0437. The fourth-order valence-corrected chi connectivity index (χ4v) is 6.63. The molecule has 3 heteroatoms. The first-order valence-corrected chi connectivity index (χ1v) is 18.7. The average molecular weight is 573 g/mol. The van der Waals surface area contributed by atoms with E-state index in [0.717, 1.165) is 31.1 Å². The molecule has 0 fully saturated rings. The number of nitriles is 1. The van der Waals surface area contributed by atoms with E-state index in [9.17, 15) is 4.79 Å². The van der Waals surface area contributed by atoms with E-state index in [1.807, 2.05) is 0 Å². The number of carbonyl (C=O) groups excluding carboxylic acids is 1. The highest BCUT2D eigenvalue weighted by molar-refractivity contribution is 5.32. The highest BCUT2D eigenvalue weighted by Crippen LogP contribution is 2.33. The Morgan fingerprint density at radius 2 is 0.780 bits per heavy atom. The van der Waals surface area contributed by atoms with Crippen molar-refractivity contribution >= 4 is 6.08 Å². The van der Waals surface area contributed by atoms with Crippen LogP contribution in [0.5, 0.6) is 0 Å². The van der Waals surface area contributed by atoms with E-state index in [2.05, 4.69) is 24.9 Å². The Bertz CT molecular complexity index is 592. The summed E-state index contributed by atoms with van der Waals surface area (Å²) in [5.74, 6) is 1.87. The molecule has 0 aliphatic carbocycles. The first kappa shape index (κ1) is 39.9. The molecule has 0 saturated heterocycles. The molecule has 0 radical (unpaired) electrons. The summed E-state index contributed by atoms with van der Waals surface area (Å²) >= 11 is 0. The minimum Gasteiger partial charge on any atom is -0.211 e. The number of unbranched alkanes of at least 4 members (excludes halogenated alkanes) is 23. The van der Waals surface area contributed by atoms with Crippen molar-refractivity contribution in [1.82, 2.24) is 0 Å². The molecule has 0 N–H and O–H groups in total. The summed E-state index contributed by atoms with van der Waals surface area (Å²) in [6.45, 7) is 5.28. The first-order chi connectivity index (χ1) is 20.3. The highest BCUT2D eigenvalue weighted by atomic mass is 16.1. The van der Waals surface area contributed by atoms with Crippen molar-refractivity contribution in [3.05, 3.63) is 0 Å². The zero-order chi connectivity index (χ0) is 29.9. The van der Waals surface area contributed by atoms with Crippen LogP contribution in [0.3, 0.4) is 0 Å². The van der Waals surface area contributed by atoms with Crippen molar-refractivity contribution < 1.29 is 4.79 Å². The van der Waals surface area contributed by atoms with E-state index in [4.69, 9.17) is 5.26 Å². The van der Waals surface area contributed by atoms with Gasteiger partial charge in [0.05, 0.1) is 12.6 Å². The third-order valence-electron chi connectivity index (χ3n) is 9.30. The molecule has 0 aromatic rings. The lowest BCUT2D eigenvalue weighted by Crippen LogP contribution is -2.16. The summed E-state index contributed by atoms with van der Waals surface area (Å²) in [4.78, 5) is 13.9. The predicted octanol–water partition coefficient (Wildman–Crippen LogP) is 13.2. The maximum Gasteiger partial charge on any atom is 0.234 e. The van der Waals surface area contributed by atoms with Gasteiger partial charge < -0.3 is 0 Å². The van der Waals surface area contributed by atoms with Gasteiger partial charge in [0.2, 0.25) is 6.08 Å². The van der Waals surface area contributed by atoms with Crippen molar-refractivity contribution in [2.45, 2.75) is 213 Å². The smallest absolute Gasteiger partial charge is 0.211 e. The zero-order valence-electron chi connectivity index (χ0n) is 28.1. The first-order valence-electron chi connectivity index (χ1n) is 18.7. The van der Waals surface area contributed by atoms with Gasteiger partial charge in [-0.05, 0) is 24.7 Å². The molecule has 2 unspecified atom stereocenters. The lowest BCUT2D eigenvalue weighted by molar-refractivity contribution is 0.236. The molecule has 0 heterocycles. The molecular formula is C38H72N2O. The molecule has 2 atom stereocenters. The van der Waals surface area contributed by atoms with Crippen LogP contribution in [0.1, 0.15) is 213 Å². The number of hydrogen-bond acceptors (Lipinski definition) is 3. The van der Waals surface area contributed by atoms with Crippen molar-refractivity contribution in [3.8, 4) is 6.07 Å². The normalized spacial score (nSPS) is 12.6. The second kappa shape index (κ2) is 35.1. The molecule has 0 aliphatic heterocycles. The van der Waals surface area contributed by atoms with Crippen molar-refractivity contribution in [2.75, 3.05) is 6.54 Å². The van der Waals surface area contributed by atoms with E-state index in [1.54, 1.807) is 6.08 Å². The summed E-state index contributed by atoms with van der Waals surface area (Å²) in [7, 11) is 0. The summed E-state index contributed by atoms with van der Waals surface area (Å²) in [5, 5.41) is 8.77. The molecule has 0 amide bonds. The number of rotatable bonds is 34. The predicted molar refractivity (Wildman–Crippen MR) is 180 cm³/mol. The molecule has 0 aromatic heterocycles. The van der Waals surface area contributed by atoms with Crippen LogP contribution in [-0.2, 0) is 4.79 Å². The fraction of sp³-hybridized carbons (Fsp3) is 0.947. The topological polar surface area (TPSA) is 53.2 Å². The van der Waals surface area contributed by atoms with Crippen molar-refractivity contribution in [1.29, 1.82) is 5.26 Å². The Morgan fingerprint density at radius 1 is 0.463 bits per heavy atom. The van der Waals surface area contributed by atoms with Gasteiger partial charge in [0.1, 0.15) is 0 Å². The average Bonchev–Trinajstić information content (AvgIpc) is 2.98. The van der Waals surface area contributed by atoms with Crippen LogP contribution in [0.15, 0.2) is 4.99 Å². The summed E-state index contributed by atoms with van der Waals surface area (Å²) in [6.07, 6.45) is 43.5. The SMILES string of the molecule is CCCCCCCCCC(CCCCCCCCC#N)C(CCCCCCCCC)CCCCCCCCN=C=O. The van der Waals surface area contributed by atoms with Gasteiger partial charge in [0.15, 0.2) is 0 Å². The Hall–Kier alpha value is -1.13. The van der Waals surface area contributed by atoms with Crippen LogP contribution in [0.4, 0.5) is 0 Å². The number of isocyanates is 1. The number of nitrogens with zero attached hydrogens (tertiary/aromatic N) is 2. The fourth-order valence-electron chi connectivity index (χ4n) is 6.63. The van der Waals surface area contributed by atoms with Gasteiger partial charge in [0.25, 0.3) is 0 Å². The Kier molecular flexibility index (Phi) is 34.1. The van der Waals surface area contributed by atoms with Crippen LogP contribution in [0.2, 0.25) is 0 Å². The Morgan fingerprint density at radius 3 is 1.12 bits per heavy atom. The molecule has 0 aromatic carbocycles. The lowest BCUT2D eigenvalue weighted by atomic mass is 9.78. The molecule has 0 spiro atoms. The molecule has 0 bridgehead atoms. The minimum atomic E-state index is 0.657. The molecule has 0 rings (SSSR count). The monoisotopic (exact) mass is 573 g/mol. The maximum atomic E-state index is 10.2. The third-order valence-corrected chi connectivity index (χ3v) is 9.30. The van der Waals surface area contributed by atoms with Gasteiger partial charge in [-0.15, -0.1) is 0 Å². The van der Waals surface area contributed by atoms with E-state index in [1.165, 1.54) is 180 Å². The van der Waals surface area contributed by atoms with Gasteiger partial charge in [-0.25, -0.2) is 9.79 Å². The minimum absolute atomic E-state index is 0.657. The highest BCUT2D eigenvalue weighted by Gasteiger charge is 2.20. The molecular weight excluding hydrogens is 500 g/mol. The molecule has 0 saturated carbocycles. The lowest BCUT2D eigenvalue weighted by Gasteiger charge is -2.28. The maximum absolute atomic E-state index is 10.2. The van der Waals surface area contributed by atoms with E-state index < -0.39 is 0 Å². The number of aliphatic imine (C=N–C) groups is 1. The van der Waals surface area contributed by atoms with Crippen molar-refractivity contribution in [2.24, 2.45) is 16.8 Å². The standard InChI is InChI=1S/C38H72N2O/c1-3-5-7-9-12-18-24-30-37(32-26-20-14-11-16-22-28-34-39)38(31-25-19-13-10-8-6-4-2)33-27-21-15-17-23-29-35-40-36-41/h37-38H,3-33,35H2,1-2H3. The van der Waals surface area contributed by atoms with Gasteiger partial charge in [-0.2, -0.15) is 5.26 Å². The zero-order valence-corrected chi connectivity index (χ0v) is 28.1. The van der Waals surface area contributed by atoms with Gasteiger partial charge in [-0.1, -0.05) is 194 Å². The second-order valence-corrected chi connectivity index (χ2v) is 13.0. The van der Waals surface area contributed by atoms with E-state index >= 15 is 0 Å². The Labute approximate surface area is 258 Å². The van der Waals surface area contributed by atoms with Crippen LogP contribution in [-0.4, -0.2) is 12.6 Å². The second-order valence-electron chi connectivity index (χ2n) is 13.0. The van der Waals surface area contributed by atoms with E-state index in [0.29, 0.717) is 6.54 Å². The van der Waals surface area contributed by atoms with Gasteiger partial charge in [0, 0.05) is 6.42 Å². The third kappa shape index (κ3) is 30.1. The summed E-state index contributed by atoms with van der Waals surface area (Å²) in [5.41, 5.74) is 0. The summed E-state index contributed by atoms with van der Waals surface area (Å²) in [6, 6.07) is 2.29. The summed E-state index contributed by atoms with van der Waals surface area (Å²) < 4.78 is 0. The van der Waals surface area contributed by atoms with Gasteiger partial charge in [-0.3, -0.25) is 0 Å². The van der Waals surface area contributed by atoms with Crippen molar-refractivity contribution in [3.63, 3.8) is 0 Å². The molecule has 3 nitrogen and oxygen atoms in total. The van der Waals surface area contributed by atoms with Crippen LogP contribution in [0, 0.1) is 23.2 Å². The molecule has 0 aliphatic rings.